The van der Waals surface area contributed by atoms with E-state index in [1.54, 1.807) is 0 Å². The number of halogens is 2. The van der Waals surface area contributed by atoms with Gasteiger partial charge in [0.2, 0.25) is 0 Å². The molecule has 92 valence electrons. The van der Waals surface area contributed by atoms with Gasteiger partial charge in [0.1, 0.15) is 0 Å². The van der Waals surface area contributed by atoms with Crippen LogP contribution in [0.3, 0.4) is 0 Å². The van der Waals surface area contributed by atoms with Crippen LogP contribution in [0.2, 0.25) is 5.02 Å². The van der Waals surface area contributed by atoms with Crippen molar-refractivity contribution in [2.24, 2.45) is 0 Å². The third-order valence-corrected chi connectivity index (χ3v) is 3.06. The lowest BCUT2D eigenvalue weighted by atomic mass is 10.2. The molecule has 17 heavy (non-hydrogen) atoms. The third-order valence-electron chi connectivity index (χ3n) is 2.83. The maximum absolute atomic E-state index is 5.99. The summed E-state index contributed by atoms with van der Waals surface area (Å²) in [5.41, 5.74) is 0.790. The first-order valence-corrected chi connectivity index (χ1v) is 5.73. The van der Waals surface area contributed by atoms with Crippen LogP contribution in [0, 0.1) is 0 Å². The zero-order valence-electron chi connectivity index (χ0n) is 9.15. The fraction of sp³-hybridized carbons (Fsp3) is 0.364. The molecular weight excluding hydrogens is 261 g/mol. The Bertz CT molecular complexity index is 508. The Morgan fingerprint density at radius 3 is 2.82 bits per heavy atom. The molecule has 1 aromatic carbocycles. The van der Waals surface area contributed by atoms with Crippen LogP contribution in [0.4, 0.5) is 5.82 Å². The van der Waals surface area contributed by atoms with E-state index in [9.17, 15) is 0 Å². The first kappa shape index (κ1) is 12.5. The molecular formula is C11H13Cl2N3O. The minimum absolute atomic E-state index is 0. The molecule has 2 heterocycles. The smallest absolute Gasteiger partial charge is 0.180 e. The molecule has 0 saturated carbocycles. The highest BCUT2D eigenvalue weighted by Crippen LogP contribution is 2.28. The number of anilines is 1. The van der Waals surface area contributed by atoms with Gasteiger partial charge >= 0.3 is 0 Å². The van der Waals surface area contributed by atoms with Crippen LogP contribution in [-0.4, -0.2) is 31.3 Å². The normalized spacial score (nSPS) is 15.9. The predicted molar refractivity (Wildman–Crippen MR) is 71.3 cm³/mol. The van der Waals surface area contributed by atoms with E-state index < -0.39 is 0 Å². The molecule has 1 aliphatic heterocycles. The lowest BCUT2D eigenvalue weighted by Gasteiger charge is -2.26. The molecule has 1 aromatic heterocycles. The second-order valence-corrected chi connectivity index (χ2v) is 4.32. The quantitative estimate of drug-likeness (QED) is 0.866. The summed E-state index contributed by atoms with van der Waals surface area (Å²) in [5.74, 6) is 0.902. The Balaban J connectivity index is 0.00000108. The van der Waals surface area contributed by atoms with Gasteiger partial charge in [-0.25, -0.2) is 0 Å². The molecule has 0 aliphatic carbocycles. The number of hydrogen-bond acceptors (Lipinski definition) is 4. The van der Waals surface area contributed by atoms with Crippen molar-refractivity contribution in [2.75, 3.05) is 31.1 Å². The van der Waals surface area contributed by atoms with Crippen molar-refractivity contribution >= 4 is 40.8 Å². The molecule has 3 rings (SSSR count). The van der Waals surface area contributed by atoms with Gasteiger partial charge in [-0.05, 0) is 18.2 Å². The predicted octanol–water partition coefficient (Wildman–Crippen LogP) is 2.31. The Labute approximate surface area is 110 Å². The molecule has 0 unspecified atom stereocenters. The SMILES string of the molecule is Cl.Clc1ccc2onc(N3CCNCC3)c2c1. The number of rotatable bonds is 1. The molecule has 0 bridgehead atoms. The largest absolute Gasteiger partial charge is 0.354 e. The maximum Gasteiger partial charge on any atom is 0.180 e. The molecule has 4 nitrogen and oxygen atoms in total. The molecule has 1 aliphatic rings. The second kappa shape index (κ2) is 5.12. The summed E-state index contributed by atoms with van der Waals surface area (Å²) in [6, 6.07) is 5.58. The summed E-state index contributed by atoms with van der Waals surface area (Å²) in [4.78, 5) is 2.22. The molecule has 1 saturated heterocycles. The number of piperazine rings is 1. The third kappa shape index (κ3) is 2.34. The zero-order valence-corrected chi connectivity index (χ0v) is 10.7. The van der Waals surface area contributed by atoms with Gasteiger partial charge in [0.05, 0.1) is 5.39 Å². The fourth-order valence-electron chi connectivity index (χ4n) is 2.00. The number of fused-ring (bicyclic) bond motifs is 1. The van der Waals surface area contributed by atoms with E-state index in [1.807, 2.05) is 18.2 Å². The van der Waals surface area contributed by atoms with Gasteiger partial charge in [-0.15, -0.1) is 12.4 Å². The Morgan fingerprint density at radius 2 is 2.06 bits per heavy atom. The van der Waals surface area contributed by atoms with Gasteiger partial charge in [0.25, 0.3) is 0 Å². The van der Waals surface area contributed by atoms with Crippen molar-refractivity contribution in [3.8, 4) is 0 Å². The average Bonchev–Trinajstić information content (AvgIpc) is 2.73. The minimum Gasteiger partial charge on any atom is -0.354 e. The van der Waals surface area contributed by atoms with Gasteiger partial charge in [0.15, 0.2) is 11.4 Å². The number of nitrogens with zero attached hydrogens (tertiary/aromatic N) is 2. The van der Waals surface area contributed by atoms with Crippen LogP contribution in [0.15, 0.2) is 22.7 Å². The Morgan fingerprint density at radius 1 is 1.29 bits per heavy atom. The van der Waals surface area contributed by atoms with E-state index in [4.69, 9.17) is 16.1 Å². The van der Waals surface area contributed by atoms with Crippen LogP contribution in [0.1, 0.15) is 0 Å². The van der Waals surface area contributed by atoms with Gasteiger partial charge in [-0.2, -0.15) is 0 Å². The number of benzene rings is 1. The standard InChI is InChI=1S/C11H12ClN3O.ClH/c12-8-1-2-10-9(7-8)11(14-16-10)15-5-3-13-4-6-15;/h1-2,7,13H,3-6H2;1H. The van der Waals surface area contributed by atoms with E-state index in [-0.39, 0.29) is 12.4 Å². The van der Waals surface area contributed by atoms with Crippen molar-refractivity contribution in [2.45, 2.75) is 0 Å². The van der Waals surface area contributed by atoms with Crippen molar-refractivity contribution in [1.29, 1.82) is 0 Å². The summed E-state index contributed by atoms with van der Waals surface area (Å²) in [6.45, 7) is 3.87. The summed E-state index contributed by atoms with van der Waals surface area (Å²) in [5, 5.41) is 9.14. The van der Waals surface area contributed by atoms with E-state index in [2.05, 4.69) is 15.4 Å². The van der Waals surface area contributed by atoms with Crippen LogP contribution < -0.4 is 10.2 Å². The highest BCUT2D eigenvalue weighted by Gasteiger charge is 2.17. The van der Waals surface area contributed by atoms with Crippen LogP contribution in [0.5, 0.6) is 0 Å². The fourth-order valence-corrected chi connectivity index (χ4v) is 2.17. The maximum atomic E-state index is 5.99. The molecule has 0 atom stereocenters. The van der Waals surface area contributed by atoms with Gasteiger partial charge in [-0.3, -0.25) is 0 Å². The Kier molecular flexibility index (Phi) is 3.76. The first-order valence-electron chi connectivity index (χ1n) is 5.35. The Hall–Kier alpha value is -0.970. The summed E-state index contributed by atoms with van der Waals surface area (Å²) >= 11 is 5.99. The van der Waals surface area contributed by atoms with Crippen LogP contribution >= 0.6 is 24.0 Å². The van der Waals surface area contributed by atoms with Crippen molar-refractivity contribution in [3.05, 3.63) is 23.2 Å². The van der Waals surface area contributed by atoms with E-state index in [0.29, 0.717) is 5.02 Å². The summed E-state index contributed by atoms with van der Waals surface area (Å²) in [6.07, 6.45) is 0. The molecule has 0 spiro atoms. The zero-order chi connectivity index (χ0) is 11.0. The summed E-state index contributed by atoms with van der Waals surface area (Å²) < 4.78 is 5.29. The number of aromatic nitrogens is 1. The van der Waals surface area contributed by atoms with Gasteiger partial charge in [0, 0.05) is 31.2 Å². The number of nitrogens with one attached hydrogen (secondary N) is 1. The van der Waals surface area contributed by atoms with E-state index >= 15 is 0 Å². The van der Waals surface area contributed by atoms with E-state index in [0.717, 1.165) is 43.0 Å². The van der Waals surface area contributed by atoms with Gasteiger partial charge < -0.3 is 14.7 Å². The monoisotopic (exact) mass is 273 g/mol. The van der Waals surface area contributed by atoms with Crippen molar-refractivity contribution in [1.82, 2.24) is 10.5 Å². The lowest BCUT2D eigenvalue weighted by Crippen LogP contribution is -2.43. The molecule has 6 heteroatoms. The highest BCUT2D eigenvalue weighted by molar-refractivity contribution is 6.31. The average molecular weight is 274 g/mol. The lowest BCUT2D eigenvalue weighted by molar-refractivity contribution is 0.451. The molecule has 1 fully saturated rings. The molecule has 0 radical (unpaired) electrons. The number of hydrogen-bond donors (Lipinski definition) is 1. The van der Waals surface area contributed by atoms with Crippen molar-refractivity contribution < 1.29 is 4.52 Å². The second-order valence-electron chi connectivity index (χ2n) is 3.88. The van der Waals surface area contributed by atoms with E-state index in [1.165, 1.54) is 0 Å². The molecule has 1 N–H and O–H groups in total. The van der Waals surface area contributed by atoms with Crippen molar-refractivity contribution in [3.63, 3.8) is 0 Å². The van der Waals surface area contributed by atoms with Gasteiger partial charge in [-0.1, -0.05) is 16.8 Å². The molecule has 0 amide bonds. The minimum atomic E-state index is 0. The van der Waals surface area contributed by atoms with Crippen LogP contribution in [-0.2, 0) is 0 Å². The first-order chi connectivity index (χ1) is 7.84. The summed E-state index contributed by atoms with van der Waals surface area (Å²) in [7, 11) is 0. The highest BCUT2D eigenvalue weighted by atomic mass is 35.5. The topological polar surface area (TPSA) is 41.3 Å². The van der Waals surface area contributed by atoms with Crippen LogP contribution in [0.25, 0.3) is 11.0 Å². The molecule has 2 aromatic rings.